The lowest BCUT2D eigenvalue weighted by Gasteiger charge is -2.10. The fourth-order valence-electron chi connectivity index (χ4n) is 1.99. The van der Waals surface area contributed by atoms with Crippen molar-refractivity contribution in [2.75, 3.05) is 10.6 Å². The molecule has 0 fully saturated rings. The molecule has 3 aromatic rings. The molecule has 0 spiro atoms. The van der Waals surface area contributed by atoms with Crippen molar-refractivity contribution in [2.24, 2.45) is 0 Å². The van der Waals surface area contributed by atoms with Gasteiger partial charge in [0.05, 0.1) is 33.2 Å². The SMILES string of the molecule is O=C(Nc1ccc(Nc2c(Cl)cccc2Cl)cn1)c1cccnc1. The number of pyridine rings is 2. The molecule has 2 N–H and O–H groups in total. The maximum atomic E-state index is 12.0. The molecule has 0 atom stereocenters. The van der Waals surface area contributed by atoms with Gasteiger partial charge in [-0.05, 0) is 36.4 Å². The summed E-state index contributed by atoms with van der Waals surface area (Å²) in [5.74, 6) is 0.158. The van der Waals surface area contributed by atoms with E-state index in [0.717, 1.165) is 0 Å². The predicted octanol–water partition coefficient (Wildman–Crippen LogP) is 4.78. The van der Waals surface area contributed by atoms with Crippen LogP contribution in [0, 0.1) is 0 Å². The fourth-order valence-corrected chi connectivity index (χ4v) is 2.48. The van der Waals surface area contributed by atoms with Crippen LogP contribution in [0.25, 0.3) is 0 Å². The van der Waals surface area contributed by atoms with E-state index in [0.29, 0.717) is 32.8 Å². The number of carbonyl (C=O) groups is 1. The van der Waals surface area contributed by atoms with E-state index in [-0.39, 0.29) is 5.91 Å². The summed E-state index contributed by atoms with van der Waals surface area (Å²) in [6.07, 6.45) is 4.68. The Bertz CT molecular complexity index is 834. The molecular weight excluding hydrogens is 347 g/mol. The molecule has 0 aliphatic heterocycles. The molecule has 24 heavy (non-hydrogen) atoms. The van der Waals surface area contributed by atoms with Crippen LogP contribution in [-0.2, 0) is 0 Å². The predicted molar refractivity (Wildman–Crippen MR) is 96.2 cm³/mol. The number of para-hydroxylation sites is 1. The summed E-state index contributed by atoms with van der Waals surface area (Å²) < 4.78 is 0. The van der Waals surface area contributed by atoms with Gasteiger partial charge in [-0.25, -0.2) is 4.98 Å². The van der Waals surface area contributed by atoms with E-state index in [4.69, 9.17) is 23.2 Å². The zero-order chi connectivity index (χ0) is 16.9. The van der Waals surface area contributed by atoms with Gasteiger partial charge in [-0.3, -0.25) is 9.78 Å². The van der Waals surface area contributed by atoms with Crippen molar-refractivity contribution in [3.05, 3.63) is 76.7 Å². The highest BCUT2D eigenvalue weighted by molar-refractivity contribution is 6.39. The standard InChI is InChI=1S/C17H12Cl2N4O/c18-13-4-1-5-14(19)16(13)22-12-6-7-15(21-10-12)23-17(24)11-3-2-8-20-9-11/h1-10,22H,(H,21,23,24). The second kappa shape index (κ2) is 7.29. The highest BCUT2D eigenvalue weighted by atomic mass is 35.5. The van der Waals surface area contributed by atoms with Crippen LogP contribution in [0.15, 0.2) is 61.1 Å². The first kappa shape index (κ1) is 16.2. The van der Waals surface area contributed by atoms with Crippen LogP contribution in [0.5, 0.6) is 0 Å². The quantitative estimate of drug-likeness (QED) is 0.704. The van der Waals surface area contributed by atoms with Gasteiger partial charge in [0, 0.05) is 12.4 Å². The van der Waals surface area contributed by atoms with Gasteiger partial charge >= 0.3 is 0 Å². The van der Waals surface area contributed by atoms with E-state index in [9.17, 15) is 4.79 Å². The third-order valence-corrected chi connectivity index (χ3v) is 3.79. The van der Waals surface area contributed by atoms with E-state index in [2.05, 4.69) is 20.6 Å². The van der Waals surface area contributed by atoms with Gasteiger partial charge in [-0.1, -0.05) is 29.3 Å². The van der Waals surface area contributed by atoms with Crippen LogP contribution in [-0.4, -0.2) is 15.9 Å². The summed E-state index contributed by atoms with van der Waals surface area (Å²) in [7, 11) is 0. The molecule has 0 aliphatic rings. The summed E-state index contributed by atoms with van der Waals surface area (Å²) in [6.45, 7) is 0. The normalized spacial score (nSPS) is 10.2. The number of nitrogens with zero attached hydrogens (tertiary/aromatic N) is 2. The van der Waals surface area contributed by atoms with Crippen molar-refractivity contribution in [1.82, 2.24) is 9.97 Å². The first-order valence-electron chi connectivity index (χ1n) is 7.02. The largest absolute Gasteiger partial charge is 0.352 e. The summed E-state index contributed by atoms with van der Waals surface area (Å²) >= 11 is 12.2. The monoisotopic (exact) mass is 358 g/mol. The highest BCUT2D eigenvalue weighted by Gasteiger charge is 2.08. The second-order valence-corrected chi connectivity index (χ2v) is 5.66. The van der Waals surface area contributed by atoms with Crippen LogP contribution < -0.4 is 10.6 Å². The number of anilines is 3. The third kappa shape index (κ3) is 3.82. The number of halogens is 2. The van der Waals surface area contributed by atoms with Crippen LogP contribution in [0.1, 0.15) is 10.4 Å². The Labute approximate surface area is 148 Å². The van der Waals surface area contributed by atoms with Gasteiger partial charge in [-0.2, -0.15) is 0 Å². The molecule has 0 saturated carbocycles. The smallest absolute Gasteiger partial charge is 0.258 e. The highest BCUT2D eigenvalue weighted by Crippen LogP contribution is 2.32. The number of hydrogen-bond acceptors (Lipinski definition) is 4. The number of nitrogens with one attached hydrogen (secondary N) is 2. The lowest BCUT2D eigenvalue weighted by molar-refractivity contribution is 0.102. The Balaban J connectivity index is 1.71. The first-order valence-corrected chi connectivity index (χ1v) is 7.77. The minimum Gasteiger partial charge on any atom is -0.352 e. The van der Waals surface area contributed by atoms with Gasteiger partial charge < -0.3 is 10.6 Å². The van der Waals surface area contributed by atoms with Gasteiger partial charge in [0.1, 0.15) is 5.82 Å². The van der Waals surface area contributed by atoms with Crippen LogP contribution >= 0.6 is 23.2 Å². The number of benzene rings is 1. The fraction of sp³-hybridized carbons (Fsp3) is 0. The Morgan fingerprint density at radius 1 is 0.958 bits per heavy atom. The molecule has 1 amide bonds. The molecule has 0 bridgehead atoms. The van der Waals surface area contributed by atoms with Crippen molar-refractivity contribution >= 4 is 46.3 Å². The van der Waals surface area contributed by atoms with Crippen LogP contribution in [0.2, 0.25) is 10.0 Å². The molecule has 120 valence electrons. The molecule has 0 aliphatic carbocycles. The molecule has 2 aromatic heterocycles. The zero-order valence-electron chi connectivity index (χ0n) is 12.3. The maximum Gasteiger partial charge on any atom is 0.258 e. The zero-order valence-corrected chi connectivity index (χ0v) is 13.8. The number of hydrogen-bond donors (Lipinski definition) is 2. The van der Waals surface area contributed by atoms with Crippen LogP contribution in [0.4, 0.5) is 17.2 Å². The summed E-state index contributed by atoms with van der Waals surface area (Å²) in [5, 5.41) is 6.83. The third-order valence-electron chi connectivity index (χ3n) is 3.16. The van der Waals surface area contributed by atoms with Gasteiger partial charge in [-0.15, -0.1) is 0 Å². The summed E-state index contributed by atoms with van der Waals surface area (Å²) in [5.41, 5.74) is 1.77. The van der Waals surface area contributed by atoms with Gasteiger partial charge in [0.2, 0.25) is 0 Å². The Kier molecular flexibility index (Phi) is 4.93. The molecular formula is C17H12Cl2N4O. The molecule has 0 radical (unpaired) electrons. The summed E-state index contributed by atoms with van der Waals surface area (Å²) in [6, 6.07) is 12.1. The average molecular weight is 359 g/mol. The molecule has 5 nitrogen and oxygen atoms in total. The molecule has 0 saturated heterocycles. The number of aromatic nitrogens is 2. The Morgan fingerprint density at radius 2 is 1.75 bits per heavy atom. The van der Waals surface area contributed by atoms with Crippen LogP contribution in [0.3, 0.4) is 0 Å². The van der Waals surface area contributed by atoms with Crippen molar-refractivity contribution in [2.45, 2.75) is 0 Å². The number of carbonyl (C=O) groups excluding carboxylic acids is 1. The minimum atomic E-state index is -0.273. The van der Waals surface area contributed by atoms with Gasteiger partial charge in [0.15, 0.2) is 0 Å². The van der Waals surface area contributed by atoms with Crippen molar-refractivity contribution < 1.29 is 4.79 Å². The minimum absolute atomic E-state index is 0.273. The molecule has 3 rings (SSSR count). The molecule has 1 aromatic carbocycles. The van der Waals surface area contributed by atoms with E-state index in [1.807, 2.05) is 0 Å². The van der Waals surface area contributed by atoms with Crippen molar-refractivity contribution in [3.63, 3.8) is 0 Å². The van der Waals surface area contributed by atoms with E-state index < -0.39 is 0 Å². The van der Waals surface area contributed by atoms with E-state index >= 15 is 0 Å². The lowest BCUT2D eigenvalue weighted by atomic mass is 10.2. The number of rotatable bonds is 4. The molecule has 7 heteroatoms. The molecule has 0 unspecified atom stereocenters. The van der Waals surface area contributed by atoms with E-state index in [1.54, 1.807) is 54.9 Å². The average Bonchev–Trinajstić information content (AvgIpc) is 2.60. The number of amides is 1. The van der Waals surface area contributed by atoms with E-state index in [1.165, 1.54) is 6.20 Å². The Morgan fingerprint density at radius 3 is 2.38 bits per heavy atom. The van der Waals surface area contributed by atoms with Crippen molar-refractivity contribution in [3.8, 4) is 0 Å². The summed E-state index contributed by atoms with van der Waals surface area (Å²) in [4.78, 5) is 20.1. The lowest BCUT2D eigenvalue weighted by Crippen LogP contribution is -2.13. The van der Waals surface area contributed by atoms with Crippen molar-refractivity contribution in [1.29, 1.82) is 0 Å². The topological polar surface area (TPSA) is 66.9 Å². The first-order chi connectivity index (χ1) is 11.6. The Hall–Kier alpha value is -2.63. The molecule has 2 heterocycles. The maximum absolute atomic E-state index is 12.0. The van der Waals surface area contributed by atoms with Gasteiger partial charge in [0.25, 0.3) is 5.91 Å². The second-order valence-electron chi connectivity index (χ2n) is 4.85.